The van der Waals surface area contributed by atoms with E-state index in [0.717, 1.165) is 38.5 Å². The van der Waals surface area contributed by atoms with Crippen molar-refractivity contribution in [3.8, 4) is 0 Å². The van der Waals surface area contributed by atoms with Crippen molar-refractivity contribution in [3.05, 3.63) is 0 Å². The minimum absolute atomic E-state index is 0.174. The highest BCUT2D eigenvalue weighted by atomic mass is 31.2. The average molecular weight is 651 g/mol. The zero-order chi connectivity index (χ0) is 32.5. The van der Waals surface area contributed by atoms with Gasteiger partial charge in [0.1, 0.15) is 19.3 Å². The van der Waals surface area contributed by atoms with Gasteiger partial charge in [-0.25, -0.2) is 4.57 Å². The number of rotatable bonds is 31. The number of nitrogens with two attached hydrogens (primary N) is 2. The lowest BCUT2D eigenvalue weighted by Crippen LogP contribution is -2.33. The minimum atomic E-state index is -4.54. The van der Waals surface area contributed by atoms with Gasteiger partial charge in [-0.05, 0) is 18.3 Å². The predicted octanol–water partition coefficient (Wildman–Crippen LogP) is 7.21. The van der Waals surface area contributed by atoms with E-state index in [9.17, 15) is 19.0 Å². The Bertz CT molecular complexity index is 791. The quantitative estimate of drug-likeness (QED) is 0.0150. The molecule has 1 rings (SSSR count). The maximum absolute atomic E-state index is 12.7. The van der Waals surface area contributed by atoms with Gasteiger partial charge in [0, 0.05) is 17.8 Å². The van der Waals surface area contributed by atoms with Crippen molar-refractivity contribution in [2.45, 2.75) is 180 Å². The Balaban J connectivity index is 2.39. The Morgan fingerprint density at radius 1 is 0.773 bits per heavy atom. The lowest BCUT2D eigenvalue weighted by molar-refractivity contribution is -0.167. The number of nitrogens with one attached hydrogen (secondary N) is 1. The van der Waals surface area contributed by atoms with Gasteiger partial charge in [-0.15, -0.1) is 0 Å². The fraction of sp³-hybridized carbons (Fsp3) is 0.938. The van der Waals surface area contributed by atoms with Crippen molar-refractivity contribution >= 4 is 19.8 Å². The minimum Gasteiger partial charge on any atom is -0.451 e. The van der Waals surface area contributed by atoms with Crippen LogP contribution in [0.15, 0.2) is 0 Å². The molecule has 0 spiro atoms. The molecule has 0 radical (unpaired) electrons. The normalized spacial score (nSPS) is 17.3. The Morgan fingerprint density at radius 2 is 1.20 bits per heavy atom. The smallest absolute Gasteiger partial charge is 0.451 e. The maximum atomic E-state index is 12.7. The topological polar surface area (TPSA) is 176 Å². The first-order valence-corrected chi connectivity index (χ1v) is 19.1. The molecule has 0 saturated carbocycles. The second-order valence-corrected chi connectivity index (χ2v) is 13.5. The van der Waals surface area contributed by atoms with Gasteiger partial charge in [0.2, 0.25) is 6.10 Å². The number of esters is 1. The van der Waals surface area contributed by atoms with Crippen LogP contribution in [-0.2, 0) is 32.4 Å². The van der Waals surface area contributed by atoms with Gasteiger partial charge in [0.05, 0.1) is 0 Å². The summed E-state index contributed by atoms with van der Waals surface area (Å²) in [4.78, 5) is 35.3. The van der Waals surface area contributed by atoms with E-state index in [1.165, 1.54) is 89.9 Å². The molecule has 1 saturated heterocycles. The van der Waals surface area contributed by atoms with Gasteiger partial charge >= 0.3 is 19.8 Å². The molecule has 2 unspecified atom stereocenters. The first kappa shape index (κ1) is 41.0. The SMILES string of the molecule is CCCCCCCCCCCCCC(=O)O[C@@H](COP(=O)(O)OC(N)CN)[C@H]1N[O+]1C(=O)CCCCCCCCCCCC. The monoisotopic (exact) mass is 650 g/mol. The third-order valence-corrected chi connectivity index (χ3v) is 8.94. The molecule has 1 fully saturated rings. The van der Waals surface area contributed by atoms with Crippen LogP contribution in [0.25, 0.3) is 0 Å². The Labute approximate surface area is 267 Å². The molecule has 4 atom stereocenters. The maximum Gasteiger partial charge on any atom is 0.541 e. The zero-order valence-corrected chi connectivity index (χ0v) is 28.7. The summed E-state index contributed by atoms with van der Waals surface area (Å²) in [6.07, 6.45) is 22.3. The van der Waals surface area contributed by atoms with Crippen LogP contribution in [0, 0.1) is 0 Å². The van der Waals surface area contributed by atoms with Crippen molar-refractivity contribution < 1.29 is 37.3 Å². The summed E-state index contributed by atoms with van der Waals surface area (Å²) in [5.41, 5.74) is 13.7. The Morgan fingerprint density at radius 3 is 1.66 bits per heavy atom. The number of carbonyl (C=O) groups is 2. The van der Waals surface area contributed by atoms with E-state index in [1.54, 1.807) is 0 Å². The summed E-state index contributed by atoms with van der Waals surface area (Å²) < 4.78 is 30.0. The summed E-state index contributed by atoms with van der Waals surface area (Å²) in [5.74, 6) is -0.632. The zero-order valence-electron chi connectivity index (χ0n) is 27.8. The van der Waals surface area contributed by atoms with E-state index in [0.29, 0.717) is 12.8 Å². The fourth-order valence-corrected chi connectivity index (χ4v) is 5.98. The van der Waals surface area contributed by atoms with Gasteiger partial charge in [0.15, 0.2) is 0 Å². The number of hydroxylamine groups is 1. The molecule has 0 aromatic carbocycles. The highest BCUT2D eigenvalue weighted by molar-refractivity contribution is 7.47. The lowest BCUT2D eigenvalue weighted by atomic mass is 10.1. The van der Waals surface area contributed by atoms with Crippen LogP contribution in [0.4, 0.5) is 0 Å². The van der Waals surface area contributed by atoms with E-state index in [-0.39, 0.29) is 18.9 Å². The van der Waals surface area contributed by atoms with Crippen LogP contribution in [0.2, 0.25) is 0 Å². The summed E-state index contributed by atoms with van der Waals surface area (Å²) >= 11 is 0. The van der Waals surface area contributed by atoms with Crippen LogP contribution in [-0.4, -0.2) is 48.5 Å². The van der Waals surface area contributed by atoms with E-state index < -0.39 is 39.0 Å². The molecular weight excluding hydrogens is 585 g/mol. The standard InChI is InChI=1S/C32H64N3O8P/c1-3-5-7-9-11-13-15-16-18-20-22-24-30(36)41-28(27-40-44(38,39)42-29(34)26-33)32-35-43(32)31(37)25-23-21-19-17-14-12-10-8-6-4-2/h28-29,32,35H,3-27,33-34H2,1-2H3/p+1/t28-,29?,32-/m0/s1. The molecule has 1 aliphatic heterocycles. The summed E-state index contributed by atoms with van der Waals surface area (Å²) in [7, 11) is -4.54. The summed E-state index contributed by atoms with van der Waals surface area (Å²) in [6, 6.07) is 0. The highest BCUT2D eigenvalue weighted by Crippen LogP contribution is 2.44. The molecule has 0 amide bonds. The van der Waals surface area contributed by atoms with Gasteiger partial charge in [-0.3, -0.25) is 13.8 Å². The molecule has 0 aliphatic carbocycles. The van der Waals surface area contributed by atoms with Crippen LogP contribution >= 0.6 is 7.82 Å². The fourth-order valence-electron chi connectivity index (χ4n) is 5.16. The largest absolute Gasteiger partial charge is 0.541 e. The molecule has 1 aliphatic rings. The molecule has 0 aromatic heterocycles. The predicted molar refractivity (Wildman–Crippen MR) is 174 cm³/mol. The third kappa shape index (κ3) is 21.6. The van der Waals surface area contributed by atoms with Crippen LogP contribution in [0.5, 0.6) is 0 Å². The molecule has 260 valence electrons. The van der Waals surface area contributed by atoms with Crippen molar-refractivity contribution in [1.82, 2.24) is 5.48 Å². The van der Waals surface area contributed by atoms with Crippen molar-refractivity contribution in [1.29, 1.82) is 0 Å². The molecule has 0 bridgehead atoms. The second-order valence-electron chi connectivity index (χ2n) is 12.1. The second kappa shape index (κ2) is 26.0. The average Bonchev–Trinajstić information content (AvgIpc) is 3.80. The summed E-state index contributed by atoms with van der Waals surface area (Å²) in [5, 5.41) is 0. The molecule has 12 heteroatoms. The number of hydrogen-bond acceptors (Lipinski definition) is 9. The number of hydrogen-bond donors (Lipinski definition) is 4. The number of unbranched alkanes of at least 4 members (excludes halogenated alkanes) is 19. The Kier molecular flexibility index (Phi) is 24.2. The van der Waals surface area contributed by atoms with Gasteiger partial charge in [0.25, 0.3) is 6.23 Å². The van der Waals surface area contributed by atoms with Crippen molar-refractivity contribution in [2.75, 3.05) is 13.2 Å². The number of phosphoric ester groups is 1. The molecule has 44 heavy (non-hydrogen) atoms. The number of phosphoric acid groups is 1. The highest BCUT2D eigenvalue weighted by Gasteiger charge is 2.53. The summed E-state index contributed by atoms with van der Waals surface area (Å²) in [6.45, 7) is 3.82. The molecule has 11 nitrogen and oxygen atoms in total. The van der Waals surface area contributed by atoms with E-state index in [1.807, 2.05) is 0 Å². The van der Waals surface area contributed by atoms with E-state index >= 15 is 0 Å². The van der Waals surface area contributed by atoms with Crippen LogP contribution in [0.1, 0.15) is 162 Å². The first-order chi connectivity index (χ1) is 21.2. The van der Waals surface area contributed by atoms with Crippen molar-refractivity contribution in [3.63, 3.8) is 0 Å². The van der Waals surface area contributed by atoms with Crippen LogP contribution in [0.3, 0.4) is 0 Å². The first-order valence-electron chi connectivity index (χ1n) is 17.6. The molecule has 6 N–H and O–H groups in total. The third-order valence-electron chi connectivity index (χ3n) is 7.93. The van der Waals surface area contributed by atoms with Gasteiger partial charge < -0.3 is 25.6 Å². The van der Waals surface area contributed by atoms with E-state index in [2.05, 4.69) is 23.8 Å². The molecular formula is C32H65N3O8P+. The van der Waals surface area contributed by atoms with Gasteiger partial charge in [-0.1, -0.05) is 136 Å². The molecule has 0 aromatic rings. The van der Waals surface area contributed by atoms with E-state index in [4.69, 9.17) is 25.3 Å². The number of carbonyl (C=O) groups excluding carboxylic acids is 2. The van der Waals surface area contributed by atoms with Crippen LogP contribution < -0.4 is 16.9 Å². The molecule has 1 heterocycles. The van der Waals surface area contributed by atoms with Gasteiger partial charge in [-0.2, -0.15) is 0 Å². The van der Waals surface area contributed by atoms with Crippen molar-refractivity contribution in [2.24, 2.45) is 11.5 Å². The number of ether oxygens (including phenoxy) is 1. The Hall–Kier alpha value is -1.07. The lowest BCUT2D eigenvalue weighted by Gasteiger charge is -2.19.